The normalized spacial score (nSPS) is 10.8. The van der Waals surface area contributed by atoms with Gasteiger partial charge in [0.1, 0.15) is 5.69 Å². The van der Waals surface area contributed by atoms with Crippen LogP contribution in [0.2, 0.25) is 10.0 Å². The van der Waals surface area contributed by atoms with Gasteiger partial charge in [-0.3, -0.25) is 0 Å². The van der Waals surface area contributed by atoms with E-state index >= 15 is 0 Å². The van der Waals surface area contributed by atoms with Gasteiger partial charge in [0.15, 0.2) is 0 Å². The number of anilines is 1. The van der Waals surface area contributed by atoms with Crippen LogP contribution in [0, 0.1) is 0 Å². The molecule has 106 valence electrons. The van der Waals surface area contributed by atoms with E-state index in [-0.39, 0.29) is 5.88 Å². The van der Waals surface area contributed by atoms with Crippen molar-refractivity contribution in [2.45, 2.75) is 0 Å². The molecule has 1 heterocycles. The minimum Gasteiger partial charge on any atom is -0.367 e. The van der Waals surface area contributed by atoms with Crippen molar-refractivity contribution in [3.8, 4) is 22.4 Å². The first-order chi connectivity index (χ1) is 10.1. The van der Waals surface area contributed by atoms with Gasteiger partial charge < -0.3 is 10.3 Å². The summed E-state index contributed by atoms with van der Waals surface area (Å²) in [5.41, 5.74) is 8.83. The number of nitrogen functional groups attached to an aromatic ring is 1. The first-order valence-corrected chi connectivity index (χ1v) is 7.58. The zero-order chi connectivity index (χ0) is 15.0. The second-order valence-corrected chi connectivity index (χ2v) is 6.07. The monoisotopic (exact) mass is 382 g/mol. The van der Waals surface area contributed by atoms with Crippen molar-refractivity contribution < 1.29 is 4.52 Å². The highest BCUT2D eigenvalue weighted by Crippen LogP contribution is 2.41. The molecule has 0 amide bonds. The zero-order valence-corrected chi connectivity index (χ0v) is 13.7. The molecule has 0 radical (unpaired) electrons. The third-order valence-electron chi connectivity index (χ3n) is 3.05. The van der Waals surface area contributed by atoms with Crippen LogP contribution in [-0.2, 0) is 0 Å². The Bertz CT molecular complexity index is 817. The molecule has 0 unspecified atom stereocenters. The molecule has 0 fully saturated rings. The first kappa shape index (κ1) is 14.4. The van der Waals surface area contributed by atoms with Crippen molar-refractivity contribution in [2.24, 2.45) is 0 Å². The Labute approximate surface area is 139 Å². The summed E-state index contributed by atoms with van der Waals surface area (Å²) in [6, 6.07) is 12.9. The lowest BCUT2D eigenvalue weighted by atomic mass is 10.0. The highest BCUT2D eigenvalue weighted by Gasteiger charge is 2.20. The van der Waals surface area contributed by atoms with Crippen molar-refractivity contribution in [1.82, 2.24) is 5.16 Å². The van der Waals surface area contributed by atoms with Crippen LogP contribution in [0.5, 0.6) is 0 Å². The van der Waals surface area contributed by atoms with Crippen LogP contribution in [0.1, 0.15) is 0 Å². The standard InChI is InChI=1S/C15H9BrCl2N2O/c16-11-4-2-1-3-9(11)13-14(20-21-15(13)19)10-6-5-8(17)7-12(10)18/h1-7H,19H2. The molecule has 0 aliphatic carbocycles. The molecule has 0 atom stereocenters. The molecule has 0 aliphatic heterocycles. The number of aromatic nitrogens is 1. The van der Waals surface area contributed by atoms with Crippen molar-refractivity contribution in [3.63, 3.8) is 0 Å². The topological polar surface area (TPSA) is 52.0 Å². The fraction of sp³-hybridized carbons (Fsp3) is 0. The van der Waals surface area contributed by atoms with Gasteiger partial charge in [-0.05, 0) is 24.3 Å². The summed E-state index contributed by atoms with van der Waals surface area (Å²) >= 11 is 15.7. The summed E-state index contributed by atoms with van der Waals surface area (Å²) in [6.45, 7) is 0. The maximum Gasteiger partial charge on any atom is 0.230 e. The van der Waals surface area contributed by atoms with Crippen LogP contribution >= 0.6 is 39.1 Å². The van der Waals surface area contributed by atoms with E-state index in [0.29, 0.717) is 26.9 Å². The molecule has 0 saturated heterocycles. The van der Waals surface area contributed by atoms with Gasteiger partial charge in [0, 0.05) is 20.6 Å². The van der Waals surface area contributed by atoms with E-state index in [0.717, 1.165) is 10.0 Å². The first-order valence-electron chi connectivity index (χ1n) is 6.03. The fourth-order valence-corrected chi connectivity index (χ4v) is 3.07. The molecule has 0 spiro atoms. The summed E-state index contributed by atoms with van der Waals surface area (Å²) in [5.74, 6) is 0.239. The Hall–Kier alpha value is -1.49. The number of hydrogen-bond acceptors (Lipinski definition) is 3. The van der Waals surface area contributed by atoms with Crippen molar-refractivity contribution >= 4 is 45.0 Å². The summed E-state index contributed by atoms with van der Waals surface area (Å²) in [7, 11) is 0. The molecule has 0 saturated carbocycles. The van der Waals surface area contributed by atoms with E-state index in [2.05, 4.69) is 21.1 Å². The Morgan fingerprint density at radius 2 is 1.81 bits per heavy atom. The largest absolute Gasteiger partial charge is 0.367 e. The second-order valence-electron chi connectivity index (χ2n) is 4.37. The predicted molar refractivity (Wildman–Crippen MR) is 89.5 cm³/mol. The second kappa shape index (κ2) is 5.72. The average molecular weight is 384 g/mol. The van der Waals surface area contributed by atoms with E-state index in [1.807, 2.05) is 24.3 Å². The molecule has 21 heavy (non-hydrogen) atoms. The minimum atomic E-state index is 0.239. The van der Waals surface area contributed by atoms with E-state index in [9.17, 15) is 0 Å². The Balaban J connectivity index is 2.25. The van der Waals surface area contributed by atoms with Crippen LogP contribution in [-0.4, -0.2) is 5.16 Å². The summed E-state index contributed by atoms with van der Waals surface area (Å²) in [4.78, 5) is 0. The van der Waals surface area contributed by atoms with Crippen LogP contribution in [0.4, 0.5) is 5.88 Å². The van der Waals surface area contributed by atoms with E-state index in [4.69, 9.17) is 33.5 Å². The van der Waals surface area contributed by atoms with Gasteiger partial charge >= 0.3 is 0 Å². The molecule has 2 N–H and O–H groups in total. The van der Waals surface area contributed by atoms with E-state index in [1.165, 1.54) is 0 Å². The van der Waals surface area contributed by atoms with Crippen LogP contribution in [0.25, 0.3) is 22.4 Å². The molecule has 3 aromatic rings. The predicted octanol–water partition coefficient (Wildman–Crippen LogP) is 5.66. The molecule has 6 heteroatoms. The molecule has 2 aromatic carbocycles. The van der Waals surface area contributed by atoms with Crippen molar-refractivity contribution in [1.29, 1.82) is 0 Å². The number of halogens is 3. The maximum absolute atomic E-state index is 6.25. The van der Waals surface area contributed by atoms with Crippen LogP contribution in [0.3, 0.4) is 0 Å². The molecular weight excluding hydrogens is 375 g/mol. The van der Waals surface area contributed by atoms with Crippen molar-refractivity contribution in [2.75, 3.05) is 5.73 Å². The lowest BCUT2D eigenvalue weighted by Crippen LogP contribution is -1.89. The summed E-state index contributed by atoms with van der Waals surface area (Å²) < 4.78 is 6.05. The average Bonchev–Trinajstić information content (AvgIpc) is 2.81. The van der Waals surface area contributed by atoms with Crippen LogP contribution < -0.4 is 5.73 Å². The van der Waals surface area contributed by atoms with Gasteiger partial charge in [-0.15, -0.1) is 0 Å². The van der Waals surface area contributed by atoms with E-state index in [1.54, 1.807) is 18.2 Å². The smallest absolute Gasteiger partial charge is 0.230 e. The van der Waals surface area contributed by atoms with Crippen molar-refractivity contribution in [3.05, 3.63) is 57.0 Å². The molecule has 3 rings (SSSR count). The zero-order valence-electron chi connectivity index (χ0n) is 10.6. The molecular formula is C15H9BrCl2N2O. The Kier molecular flexibility index (Phi) is 3.93. The number of benzene rings is 2. The molecule has 1 aromatic heterocycles. The van der Waals surface area contributed by atoms with Crippen LogP contribution in [0.15, 0.2) is 51.5 Å². The van der Waals surface area contributed by atoms with Gasteiger partial charge in [0.05, 0.1) is 10.6 Å². The molecule has 0 aliphatic rings. The fourth-order valence-electron chi connectivity index (χ4n) is 2.09. The third kappa shape index (κ3) is 2.67. The van der Waals surface area contributed by atoms with Gasteiger partial charge in [-0.1, -0.05) is 62.5 Å². The highest BCUT2D eigenvalue weighted by atomic mass is 79.9. The SMILES string of the molecule is Nc1onc(-c2ccc(Cl)cc2Cl)c1-c1ccccc1Br. The summed E-state index contributed by atoms with van der Waals surface area (Å²) in [6.07, 6.45) is 0. The van der Waals surface area contributed by atoms with Gasteiger partial charge in [-0.25, -0.2) is 0 Å². The summed E-state index contributed by atoms with van der Waals surface area (Å²) in [5, 5.41) is 5.09. The lowest BCUT2D eigenvalue weighted by molar-refractivity contribution is 0.439. The lowest BCUT2D eigenvalue weighted by Gasteiger charge is -2.06. The van der Waals surface area contributed by atoms with Gasteiger partial charge in [0.2, 0.25) is 5.88 Å². The number of hydrogen-bond donors (Lipinski definition) is 1. The molecule has 3 nitrogen and oxygen atoms in total. The van der Waals surface area contributed by atoms with Gasteiger partial charge in [0.25, 0.3) is 0 Å². The maximum atomic E-state index is 6.25. The molecule has 0 bridgehead atoms. The third-order valence-corrected chi connectivity index (χ3v) is 4.29. The highest BCUT2D eigenvalue weighted by molar-refractivity contribution is 9.10. The number of nitrogens with two attached hydrogens (primary N) is 1. The van der Waals surface area contributed by atoms with Gasteiger partial charge in [-0.2, -0.15) is 0 Å². The minimum absolute atomic E-state index is 0.239. The van der Waals surface area contributed by atoms with E-state index < -0.39 is 0 Å². The quantitative estimate of drug-likeness (QED) is 0.621. The Morgan fingerprint density at radius 1 is 1.05 bits per heavy atom. The number of rotatable bonds is 2. The Morgan fingerprint density at radius 3 is 2.52 bits per heavy atom. The number of nitrogens with zero attached hydrogens (tertiary/aromatic N) is 1.